The van der Waals surface area contributed by atoms with Crippen LogP contribution in [-0.2, 0) is 9.59 Å². The molecule has 1 heterocycles. The third-order valence-electron chi connectivity index (χ3n) is 3.77. The standard InChI is InChI=1S/C18H20N2O3/c1-4-19-16(21)15(17(22)20(5-2)18(19)23)12-8-11-14-10-7-6-9-13(14)3/h6-12H,4-5H2,1-3H3/b11-8+. The molecular weight excluding hydrogens is 292 g/mol. The average Bonchev–Trinajstić information content (AvgIpc) is 2.53. The fourth-order valence-corrected chi connectivity index (χ4v) is 2.42. The number of carbonyl (C=O) groups is 3. The van der Waals surface area contributed by atoms with Gasteiger partial charge in [0.1, 0.15) is 5.57 Å². The molecule has 1 fully saturated rings. The van der Waals surface area contributed by atoms with Gasteiger partial charge in [0.25, 0.3) is 11.8 Å². The molecule has 1 aromatic rings. The lowest BCUT2D eigenvalue weighted by Crippen LogP contribution is -2.56. The first kappa shape index (κ1) is 16.7. The van der Waals surface area contributed by atoms with Crippen molar-refractivity contribution in [2.24, 2.45) is 0 Å². The second-order valence-corrected chi connectivity index (χ2v) is 5.18. The van der Waals surface area contributed by atoms with Gasteiger partial charge in [-0.3, -0.25) is 19.4 Å². The van der Waals surface area contributed by atoms with Gasteiger partial charge in [-0.25, -0.2) is 4.79 Å². The summed E-state index contributed by atoms with van der Waals surface area (Å²) >= 11 is 0. The molecule has 0 saturated carbocycles. The summed E-state index contributed by atoms with van der Waals surface area (Å²) < 4.78 is 0. The molecule has 1 aliphatic rings. The number of hydrogen-bond donors (Lipinski definition) is 0. The molecule has 0 radical (unpaired) electrons. The summed E-state index contributed by atoms with van der Waals surface area (Å²) in [7, 11) is 0. The number of imide groups is 2. The molecule has 0 unspecified atom stereocenters. The topological polar surface area (TPSA) is 57.7 Å². The molecule has 5 heteroatoms. The van der Waals surface area contributed by atoms with Crippen LogP contribution in [0.25, 0.3) is 6.08 Å². The van der Waals surface area contributed by atoms with Gasteiger partial charge in [0, 0.05) is 13.1 Å². The maximum Gasteiger partial charge on any atom is 0.333 e. The number of benzene rings is 1. The Bertz CT molecular complexity index is 676. The Morgan fingerprint density at radius 2 is 1.52 bits per heavy atom. The zero-order chi connectivity index (χ0) is 17.0. The van der Waals surface area contributed by atoms with Crippen molar-refractivity contribution in [3.05, 3.63) is 53.1 Å². The second-order valence-electron chi connectivity index (χ2n) is 5.18. The van der Waals surface area contributed by atoms with Crippen molar-refractivity contribution in [1.29, 1.82) is 0 Å². The third-order valence-corrected chi connectivity index (χ3v) is 3.77. The van der Waals surface area contributed by atoms with E-state index in [-0.39, 0.29) is 18.7 Å². The van der Waals surface area contributed by atoms with Crippen LogP contribution in [0.1, 0.15) is 25.0 Å². The van der Waals surface area contributed by atoms with Gasteiger partial charge < -0.3 is 0 Å². The summed E-state index contributed by atoms with van der Waals surface area (Å²) in [6, 6.07) is 7.26. The van der Waals surface area contributed by atoms with Gasteiger partial charge in [0.15, 0.2) is 0 Å². The monoisotopic (exact) mass is 312 g/mol. The summed E-state index contributed by atoms with van der Waals surface area (Å²) in [6.07, 6.45) is 4.99. The Morgan fingerprint density at radius 3 is 2.04 bits per heavy atom. The van der Waals surface area contributed by atoms with Crippen molar-refractivity contribution in [3.63, 3.8) is 0 Å². The van der Waals surface area contributed by atoms with Crippen LogP contribution in [0.5, 0.6) is 0 Å². The van der Waals surface area contributed by atoms with Crippen molar-refractivity contribution in [3.8, 4) is 0 Å². The molecule has 2 rings (SSSR count). The molecule has 1 aliphatic heterocycles. The highest BCUT2D eigenvalue weighted by atomic mass is 16.2. The minimum atomic E-state index is -0.551. The number of barbiturate groups is 1. The molecule has 0 spiro atoms. The fourth-order valence-electron chi connectivity index (χ4n) is 2.42. The molecule has 0 N–H and O–H groups in total. The SMILES string of the molecule is CCN1C(=O)C(=C/C=C/c2ccccc2C)C(=O)N(CC)C1=O. The predicted octanol–water partition coefficient (Wildman–Crippen LogP) is 2.77. The first-order chi connectivity index (χ1) is 11.0. The van der Waals surface area contributed by atoms with E-state index in [9.17, 15) is 14.4 Å². The number of aryl methyl sites for hydroxylation is 1. The average molecular weight is 312 g/mol. The number of nitrogens with zero attached hydrogens (tertiary/aromatic N) is 2. The molecular formula is C18H20N2O3. The van der Waals surface area contributed by atoms with E-state index in [0.717, 1.165) is 20.9 Å². The second kappa shape index (κ2) is 7.05. The normalized spacial score (nSPS) is 15.8. The molecule has 0 aromatic heterocycles. The van der Waals surface area contributed by atoms with Crippen LogP contribution in [0, 0.1) is 6.92 Å². The molecule has 1 saturated heterocycles. The molecule has 120 valence electrons. The zero-order valence-corrected chi connectivity index (χ0v) is 13.6. The predicted molar refractivity (Wildman–Crippen MR) is 88.5 cm³/mol. The highest BCUT2D eigenvalue weighted by Gasteiger charge is 2.39. The van der Waals surface area contributed by atoms with Gasteiger partial charge in [0.05, 0.1) is 0 Å². The largest absolute Gasteiger partial charge is 0.333 e. The Morgan fingerprint density at radius 1 is 0.957 bits per heavy atom. The minimum Gasteiger partial charge on any atom is -0.268 e. The maximum absolute atomic E-state index is 12.3. The van der Waals surface area contributed by atoms with Crippen LogP contribution in [-0.4, -0.2) is 40.7 Å². The number of amides is 4. The van der Waals surface area contributed by atoms with Crippen molar-refractivity contribution in [2.75, 3.05) is 13.1 Å². The van der Waals surface area contributed by atoms with E-state index in [0.29, 0.717) is 0 Å². The van der Waals surface area contributed by atoms with E-state index in [1.807, 2.05) is 37.3 Å². The Kier molecular flexibility index (Phi) is 5.11. The van der Waals surface area contributed by atoms with Crippen molar-refractivity contribution >= 4 is 23.9 Å². The minimum absolute atomic E-state index is 0.0122. The Balaban J connectivity index is 2.32. The lowest BCUT2D eigenvalue weighted by Gasteiger charge is -2.32. The van der Waals surface area contributed by atoms with E-state index in [1.165, 1.54) is 6.08 Å². The Labute approximate surface area is 135 Å². The van der Waals surface area contributed by atoms with E-state index in [1.54, 1.807) is 19.9 Å². The van der Waals surface area contributed by atoms with E-state index < -0.39 is 17.8 Å². The highest BCUT2D eigenvalue weighted by Crippen LogP contribution is 2.17. The summed E-state index contributed by atoms with van der Waals surface area (Å²) in [4.78, 5) is 38.8. The van der Waals surface area contributed by atoms with Crippen molar-refractivity contribution in [1.82, 2.24) is 9.80 Å². The van der Waals surface area contributed by atoms with Crippen LogP contribution in [0.2, 0.25) is 0 Å². The summed E-state index contributed by atoms with van der Waals surface area (Å²) in [5.41, 5.74) is 2.12. The number of rotatable bonds is 4. The highest BCUT2D eigenvalue weighted by molar-refractivity contribution is 6.28. The smallest absolute Gasteiger partial charge is 0.268 e. The van der Waals surface area contributed by atoms with Crippen LogP contribution >= 0.6 is 0 Å². The summed E-state index contributed by atoms with van der Waals surface area (Å²) in [5, 5.41) is 0. The summed E-state index contributed by atoms with van der Waals surface area (Å²) in [6.45, 7) is 5.88. The lowest BCUT2D eigenvalue weighted by atomic mass is 10.1. The molecule has 4 amide bonds. The molecule has 1 aromatic carbocycles. The first-order valence-electron chi connectivity index (χ1n) is 7.62. The van der Waals surface area contributed by atoms with Crippen molar-refractivity contribution < 1.29 is 14.4 Å². The molecule has 0 aliphatic carbocycles. The van der Waals surface area contributed by atoms with Gasteiger partial charge in [-0.05, 0) is 38.0 Å². The maximum atomic E-state index is 12.3. The van der Waals surface area contributed by atoms with Gasteiger partial charge in [-0.15, -0.1) is 0 Å². The Hall–Kier alpha value is -2.69. The van der Waals surface area contributed by atoms with Crippen LogP contribution in [0.15, 0.2) is 42.0 Å². The summed E-state index contributed by atoms with van der Waals surface area (Å²) in [5.74, 6) is -1.08. The molecule has 0 bridgehead atoms. The first-order valence-corrected chi connectivity index (χ1v) is 7.62. The van der Waals surface area contributed by atoms with Crippen LogP contribution < -0.4 is 0 Å². The van der Waals surface area contributed by atoms with Gasteiger partial charge in [-0.2, -0.15) is 0 Å². The van der Waals surface area contributed by atoms with Gasteiger partial charge in [0.2, 0.25) is 0 Å². The van der Waals surface area contributed by atoms with Gasteiger partial charge >= 0.3 is 6.03 Å². The number of carbonyl (C=O) groups excluding carboxylic acids is 3. The van der Waals surface area contributed by atoms with E-state index >= 15 is 0 Å². The zero-order valence-electron chi connectivity index (χ0n) is 13.6. The number of hydrogen-bond acceptors (Lipinski definition) is 3. The van der Waals surface area contributed by atoms with E-state index in [2.05, 4.69) is 0 Å². The number of allylic oxidation sites excluding steroid dienone is 2. The fraction of sp³-hybridized carbons (Fsp3) is 0.278. The van der Waals surface area contributed by atoms with Crippen LogP contribution in [0.4, 0.5) is 4.79 Å². The molecule has 23 heavy (non-hydrogen) atoms. The van der Waals surface area contributed by atoms with Gasteiger partial charge in [-0.1, -0.05) is 36.4 Å². The lowest BCUT2D eigenvalue weighted by molar-refractivity contribution is -0.135. The van der Waals surface area contributed by atoms with Crippen LogP contribution in [0.3, 0.4) is 0 Å². The molecule has 0 atom stereocenters. The van der Waals surface area contributed by atoms with E-state index in [4.69, 9.17) is 0 Å². The molecule has 5 nitrogen and oxygen atoms in total. The van der Waals surface area contributed by atoms with Crippen molar-refractivity contribution in [2.45, 2.75) is 20.8 Å². The number of likely N-dealkylation sites (N-methyl/N-ethyl adjacent to an activating group) is 2. The quantitative estimate of drug-likeness (QED) is 0.634. The number of urea groups is 1. The third kappa shape index (κ3) is 3.23.